The maximum absolute atomic E-state index is 12.9. The van der Waals surface area contributed by atoms with Gasteiger partial charge in [0.1, 0.15) is 5.70 Å². The number of rotatable bonds is 6. The molecule has 3 atom stereocenters. The van der Waals surface area contributed by atoms with E-state index >= 15 is 0 Å². The lowest BCUT2D eigenvalue weighted by Gasteiger charge is -2.48. The molecular weight excluding hydrogens is 390 g/mol. The monoisotopic (exact) mass is 419 g/mol. The van der Waals surface area contributed by atoms with Crippen molar-refractivity contribution in [2.75, 3.05) is 0 Å². The van der Waals surface area contributed by atoms with Crippen LogP contribution in [-0.2, 0) is 14.0 Å². The average molecular weight is 420 g/mol. The Bertz CT molecular complexity index is 815. The van der Waals surface area contributed by atoms with E-state index in [1.807, 2.05) is 37.3 Å². The third kappa shape index (κ3) is 3.67. The molecule has 0 saturated carbocycles. The minimum absolute atomic E-state index is 0.0578. The van der Waals surface area contributed by atoms with Gasteiger partial charge in [-0.15, -0.1) is 0 Å². The Kier molecular flexibility index (Phi) is 5.55. The molecule has 2 heterocycles. The Morgan fingerprint density at radius 2 is 1.89 bits per heavy atom. The Morgan fingerprint density at radius 3 is 2.43 bits per heavy atom. The van der Waals surface area contributed by atoms with Crippen LogP contribution >= 0.6 is 11.8 Å². The van der Waals surface area contributed by atoms with Crippen molar-refractivity contribution in [3.63, 3.8) is 0 Å². The van der Waals surface area contributed by atoms with E-state index in [1.54, 1.807) is 0 Å². The van der Waals surface area contributed by atoms with Gasteiger partial charge in [-0.1, -0.05) is 50.7 Å². The van der Waals surface area contributed by atoms with E-state index in [0.717, 1.165) is 9.80 Å². The van der Waals surface area contributed by atoms with Crippen molar-refractivity contribution >= 4 is 32.0 Å². The molecule has 0 bridgehead atoms. The fourth-order valence-electron chi connectivity index (χ4n) is 3.65. The van der Waals surface area contributed by atoms with Crippen LogP contribution in [0.25, 0.3) is 0 Å². The number of hydrogen-bond acceptors (Lipinski definition) is 4. The van der Waals surface area contributed by atoms with Crippen molar-refractivity contribution in [1.82, 2.24) is 4.90 Å². The molecule has 0 radical (unpaired) electrons. The summed E-state index contributed by atoms with van der Waals surface area (Å²) in [4.78, 5) is 28.0. The second-order valence-electron chi connectivity index (χ2n) is 9.08. The van der Waals surface area contributed by atoms with Crippen molar-refractivity contribution < 1.29 is 19.1 Å². The standard InChI is InChI=1S/C21H29NO4SSi/c1-13(26-28(5,6)21(2,3)4)17-15-12-16(27-14-10-8-7-9-11-14)18(20(24)25)22(15)19(17)23/h7-11,13,15,17H,12H2,1-6H3,(H,24,25)/t13-,15?,17?/m1/s1. The quantitative estimate of drug-likeness (QED) is 0.534. The molecule has 1 fully saturated rings. The van der Waals surface area contributed by atoms with Crippen LogP contribution in [0.1, 0.15) is 34.1 Å². The first-order chi connectivity index (χ1) is 12.9. The van der Waals surface area contributed by atoms with Gasteiger partial charge in [0.2, 0.25) is 5.91 Å². The number of β-lactam (4-membered cyclic amide) rings is 1. The molecule has 1 aromatic carbocycles. The minimum atomic E-state index is -2.01. The molecule has 2 unspecified atom stereocenters. The third-order valence-electron chi connectivity index (χ3n) is 6.15. The largest absolute Gasteiger partial charge is 0.477 e. The first-order valence-corrected chi connectivity index (χ1v) is 13.4. The van der Waals surface area contributed by atoms with Crippen molar-refractivity contribution in [1.29, 1.82) is 0 Å². The maximum atomic E-state index is 12.9. The molecule has 1 saturated heterocycles. The molecule has 7 heteroatoms. The number of aliphatic carboxylic acids is 1. The van der Waals surface area contributed by atoms with Gasteiger partial charge in [0.05, 0.1) is 18.1 Å². The van der Waals surface area contributed by atoms with Gasteiger partial charge in [-0.25, -0.2) is 4.79 Å². The number of carboxylic acids is 1. The van der Waals surface area contributed by atoms with Crippen molar-refractivity contribution in [2.45, 2.75) is 69.3 Å². The summed E-state index contributed by atoms with van der Waals surface area (Å²) in [5.41, 5.74) is 0.139. The van der Waals surface area contributed by atoms with Crippen LogP contribution < -0.4 is 0 Å². The highest BCUT2D eigenvalue weighted by Crippen LogP contribution is 2.50. The molecule has 5 nitrogen and oxygen atoms in total. The van der Waals surface area contributed by atoms with Crippen LogP contribution in [0.15, 0.2) is 45.8 Å². The van der Waals surface area contributed by atoms with Gasteiger partial charge in [0, 0.05) is 16.2 Å². The number of carbonyl (C=O) groups is 2. The first-order valence-electron chi connectivity index (χ1n) is 9.64. The summed E-state index contributed by atoms with van der Waals surface area (Å²) in [5, 5.41) is 9.79. The SMILES string of the molecule is C[C@@H](O[Si](C)(C)C(C)(C)C)C1C(=O)N2C(C(=O)O)=C(Sc3ccccc3)CC12. The predicted molar refractivity (Wildman–Crippen MR) is 113 cm³/mol. The highest BCUT2D eigenvalue weighted by atomic mass is 32.2. The summed E-state index contributed by atoms with van der Waals surface area (Å²) in [6.07, 6.45) is 0.355. The molecular formula is C21H29NO4SSi. The van der Waals surface area contributed by atoms with E-state index in [1.165, 1.54) is 16.7 Å². The minimum Gasteiger partial charge on any atom is -0.477 e. The average Bonchev–Trinajstić information content (AvgIpc) is 2.88. The van der Waals surface area contributed by atoms with Gasteiger partial charge in [-0.3, -0.25) is 4.79 Å². The number of hydrogen-bond donors (Lipinski definition) is 1. The number of carbonyl (C=O) groups excluding carboxylic acids is 1. The molecule has 3 rings (SSSR count). The molecule has 0 aromatic heterocycles. The molecule has 1 amide bonds. The van der Waals surface area contributed by atoms with Crippen LogP contribution in [0, 0.1) is 5.92 Å². The lowest BCUT2D eigenvalue weighted by molar-refractivity contribution is -0.160. The Hall–Kier alpha value is -1.57. The van der Waals surface area contributed by atoms with Crippen molar-refractivity contribution in [3.05, 3.63) is 40.9 Å². The molecule has 2 aliphatic heterocycles. The zero-order valence-electron chi connectivity index (χ0n) is 17.4. The van der Waals surface area contributed by atoms with Gasteiger partial charge >= 0.3 is 5.97 Å². The Morgan fingerprint density at radius 1 is 1.29 bits per heavy atom. The number of carboxylic acid groups (broad SMARTS) is 1. The number of amides is 1. The summed E-state index contributed by atoms with van der Waals surface area (Å²) < 4.78 is 6.45. The summed E-state index contributed by atoms with van der Waals surface area (Å²) >= 11 is 1.44. The molecule has 1 aromatic rings. The van der Waals surface area contributed by atoms with Crippen LogP contribution in [-0.4, -0.2) is 42.3 Å². The van der Waals surface area contributed by atoms with Crippen molar-refractivity contribution in [2.24, 2.45) is 5.92 Å². The summed E-state index contributed by atoms with van der Waals surface area (Å²) in [5.74, 6) is -1.44. The van der Waals surface area contributed by atoms with Crippen LogP contribution in [0.3, 0.4) is 0 Å². The Labute approximate surface area is 172 Å². The van der Waals surface area contributed by atoms with E-state index in [-0.39, 0.29) is 34.7 Å². The summed E-state index contributed by atoms with van der Waals surface area (Å²) in [7, 11) is -2.01. The molecule has 0 aliphatic carbocycles. The zero-order chi connectivity index (χ0) is 20.9. The third-order valence-corrected chi connectivity index (χ3v) is 11.8. The molecule has 0 spiro atoms. The molecule has 28 heavy (non-hydrogen) atoms. The number of nitrogens with zero attached hydrogens (tertiary/aromatic N) is 1. The number of fused-ring (bicyclic) bond motifs is 1. The second-order valence-corrected chi connectivity index (χ2v) is 15.0. The van der Waals surface area contributed by atoms with Crippen molar-refractivity contribution in [3.8, 4) is 0 Å². The number of thioether (sulfide) groups is 1. The predicted octanol–water partition coefficient (Wildman–Crippen LogP) is 4.72. The van der Waals surface area contributed by atoms with E-state index in [0.29, 0.717) is 6.42 Å². The fourth-order valence-corrected chi connectivity index (χ4v) is 6.20. The van der Waals surface area contributed by atoms with Gasteiger partial charge in [0.15, 0.2) is 8.32 Å². The topological polar surface area (TPSA) is 66.8 Å². The molecule has 152 valence electrons. The first kappa shape index (κ1) is 21.1. The highest BCUT2D eigenvalue weighted by Gasteiger charge is 2.58. The molecule has 2 aliphatic rings. The van der Waals surface area contributed by atoms with Gasteiger partial charge < -0.3 is 14.4 Å². The van der Waals surface area contributed by atoms with E-state index in [9.17, 15) is 14.7 Å². The number of benzene rings is 1. The smallest absolute Gasteiger partial charge is 0.353 e. The van der Waals surface area contributed by atoms with Gasteiger partial charge in [-0.2, -0.15) is 0 Å². The van der Waals surface area contributed by atoms with E-state index in [2.05, 4.69) is 33.9 Å². The maximum Gasteiger partial charge on any atom is 0.353 e. The second kappa shape index (κ2) is 7.35. The van der Waals surface area contributed by atoms with E-state index in [4.69, 9.17) is 4.43 Å². The van der Waals surface area contributed by atoms with Crippen LogP contribution in [0.4, 0.5) is 0 Å². The van der Waals surface area contributed by atoms with Crippen LogP contribution in [0.2, 0.25) is 18.1 Å². The molecule has 1 N–H and O–H groups in total. The van der Waals surface area contributed by atoms with Crippen LogP contribution in [0.5, 0.6) is 0 Å². The van der Waals surface area contributed by atoms with E-state index < -0.39 is 14.3 Å². The van der Waals surface area contributed by atoms with Gasteiger partial charge in [-0.05, 0) is 37.2 Å². The normalized spacial score (nSPS) is 23.5. The zero-order valence-corrected chi connectivity index (χ0v) is 19.2. The summed E-state index contributed by atoms with van der Waals surface area (Å²) in [6.45, 7) is 12.8. The lowest BCUT2D eigenvalue weighted by atomic mass is 9.83. The van der Waals surface area contributed by atoms with Gasteiger partial charge in [0.25, 0.3) is 0 Å². The Balaban J connectivity index is 1.79. The lowest BCUT2D eigenvalue weighted by Crippen LogP contribution is -2.63. The fraction of sp³-hybridized carbons (Fsp3) is 0.524. The summed E-state index contributed by atoms with van der Waals surface area (Å²) in [6, 6.07) is 9.57. The highest BCUT2D eigenvalue weighted by molar-refractivity contribution is 8.03.